The lowest BCUT2D eigenvalue weighted by Crippen LogP contribution is -2.30. The fourth-order valence-electron chi connectivity index (χ4n) is 2.49. The minimum atomic E-state index is -0.647. The number of rotatable bonds is 6. The van der Waals surface area contributed by atoms with Crippen molar-refractivity contribution >= 4 is 24.0 Å². The van der Waals surface area contributed by atoms with Gasteiger partial charge < -0.3 is 19.2 Å². The first kappa shape index (κ1) is 18.7. The Bertz CT molecular complexity index is 984. The van der Waals surface area contributed by atoms with Gasteiger partial charge in [0.05, 0.1) is 13.7 Å². The van der Waals surface area contributed by atoms with Gasteiger partial charge in [-0.3, -0.25) is 9.69 Å². The molecule has 28 heavy (non-hydrogen) atoms. The van der Waals surface area contributed by atoms with Crippen molar-refractivity contribution in [2.45, 2.75) is 6.54 Å². The standard InChI is InChI=1S/C19H15N3O6/c1-26-18(24)16-7-6-14(28-16)11-22-17(23)15(21-19(22)25)10-12-2-4-13(5-3-12)27-9-8-20/h2-7,10H,9,11H2,1H3,(H,21,25)/b15-10-. The van der Waals surface area contributed by atoms with Crippen LogP contribution in [0, 0.1) is 11.3 Å². The van der Waals surface area contributed by atoms with Crippen LogP contribution < -0.4 is 10.1 Å². The van der Waals surface area contributed by atoms with Crippen LogP contribution in [0.2, 0.25) is 0 Å². The summed E-state index contributed by atoms with van der Waals surface area (Å²) in [6.07, 6.45) is 1.52. The van der Waals surface area contributed by atoms with Crippen LogP contribution in [0.4, 0.5) is 4.79 Å². The quantitative estimate of drug-likeness (QED) is 0.462. The van der Waals surface area contributed by atoms with Gasteiger partial charge in [-0.2, -0.15) is 5.26 Å². The van der Waals surface area contributed by atoms with Crippen molar-refractivity contribution in [1.82, 2.24) is 10.2 Å². The third-order valence-corrected chi connectivity index (χ3v) is 3.82. The van der Waals surface area contributed by atoms with Gasteiger partial charge in [-0.25, -0.2) is 9.59 Å². The number of furan rings is 1. The summed E-state index contributed by atoms with van der Waals surface area (Å²) in [5.74, 6) is -0.397. The molecule has 1 N–H and O–H groups in total. The van der Waals surface area contributed by atoms with Crippen LogP contribution in [-0.2, 0) is 16.1 Å². The van der Waals surface area contributed by atoms with E-state index in [1.165, 1.54) is 25.3 Å². The topological polar surface area (TPSA) is 122 Å². The summed E-state index contributed by atoms with van der Waals surface area (Å²) in [6.45, 7) is -0.186. The van der Waals surface area contributed by atoms with E-state index in [1.54, 1.807) is 24.3 Å². The van der Waals surface area contributed by atoms with Crippen LogP contribution in [0.5, 0.6) is 5.75 Å². The van der Waals surface area contributed by atoms with Crippen LogP contribution in [0.3, 0.4) is 0 Å². The number of ether oxygens (including phenoxy) is 2. The maximum absolute atomic E-state index is 12.5. The van der Waals surface area contributed by atoms with Gasteiger partial charge >= 0.3 is 12.0 Å². The highest BCUT2D eigenvalue weighted by molar-refractivity contribution is 6.13. The molecule has 2 aromatic rings. The Balaban J connectivity index is 1.70. The van der Waals surface area contributed by atoms with Gasteiger partial charge in [-0.05, 0) is 35.9 Å². The van der Waals surface area contributed by atoms with Crippen molar-refractivity contribution in [3.05, 3.63) is 59.2 Å². The van der Waals surface area contributed by atoms with E-state index in [4.69, 9.17) is 14.4 Å². The van der Waals surface area contributed by atoms with Gasteiger partial charge in [0.1, 0.15) is 23.3 Å². The lowest BCUT2D eigenvalue weighted by atomic mass is 10.2. The number of carbonyl (C=O) groups is 3. The molecule has 0 spiro atoms. The molecule has 1 aromatic carbocycles. The number of urea groups is 1. The SMILES string of the molecule is COC(=O)c1ccc(CN2C(=O)N/C(=C\c3ccc(OCC#N)cc3)C2=O)o1. The minimum Gasteiger partial charge on any atom is -0.479 e. The van der Waals surface area contributed by atoms with E-state index < -0.39 is 17.9 Å². The molecule has 1 aliphatic rings. The summed E-state index contributed by atoms with van der Waals surface area (Å²) in [5, 5.41) is 11.0. The average molecular weight is 381 g/mol. The van der Waals surface area contributed by atoms with E-state index in [2.05, 4.69) is 10.1 Å². The number of imide groups is 1. The van der Waals surface area contributed by atoms with Crippen LogP contribution in [-0.4, -0.2) is 36.5 Å². The molecule has 9 nitrogen and oxygen atoms in total. The van der Waals surface area contributed by atoms with Gasteiger partial charge in [0.15, 0.2) is 6.61 Å². The molecule has 2 heterocycles. The van der Waals surface area contributed by atoms with E-state index >= 15 is 0 Å². The fourth-order valence-corrected chi connectivity index (χ4v) is 2.49. The molecule has 1 aromatic heterocycles. The number of methoxy groups -OCH3 is 1. The molecular weight excluding hydrogens is 366 g/mol. The second-order valence-corrected chi connectivity index (χ2v) is 5.65. The Labute approximate surface area is 159 Å². The molecule has 3 amide bonds. The third kappa shape index (κ3) is 4.02. The van der Waals surface area contributed by atoms with Gasteiger partial charge in [0.25, 0.3) is 5.91 Å². The summed E-state index contributed by atoms with van der Waals surface area (Å²) >= 11 is 0. The predicted molar refractivity (Wildman–Crippen MR) is 94.7 cm³/mol. The number of nitrogens with one attached hydrogen (secondary N) is 1. The molecule has 0 atom stereocenters. The molecule has 0 aliphatic carbocycles. The molecule has 0 unspecified atom stereocenters. The van der Waals surface area contributed by atoms with Gasteiger partial charge in [-0.1, -0.05) is 12.1 Å². The van der Waals surface area contributed by atoms with Crippen molar-refractivity contribution in [2.75, 3.05) is 13.7 Å². The Kier molecular flexibility index (Phi) is 5.41. The Hall–Kier alpha value is -4.06. The molecule has 0 bridgehead atoms. The maximum atomic E-state index is 12.5. The zero-order chi connectivity index (χ0) is 20.1. The van der Waals surface area contributed by atoms with Crippen LogP contribution in [0.15, 0.2) is 46.5 Å². The molecule has 142 valence electrons. The highest BCUT2D eigenvalue weighted by Gasteiger charge is 2.34. The van der Waals surface area contributed by atoms with Crippen molar-refractivity contribution < 1.29 is 28.3 Å². The van der Waals surface area contributed by atoms with Gasteiger partial charge in [0.2, 0.25) is 5.76 Å². The van der Waals surface area contributed by atoms with E-state index in [-0.39, 0.29) is 30.4 Å². The van der Waals surface area contributed by atoms with Gasteiger partial charge in [0, 0.05) is 0 Å². The second-order valence-electron chi connectivity index (χ2n) is 5.65. The molecule has 0 radical (unpaired) electrons. The average Bonchev–Trinajstić information content (AvgIpc) is 3.27. The van der Waals surface area contributed by atoms with Crippen LogP contribution in [0.25, 0.3) is 6.08 Å². The molecule has 9 heteroatoms. The maximum Gasteiger partial charge on any atom is 0.373 e. The Morgan fingerprint density at radius 2 is 2.00 bits per heavy atom. The van der Waals surface area contributed by atoms with Crippen molar-refractivity contribution in [1.29, 1.82) is 5.26 Å². The normalized spacial score (nSPS) is 14.7. The summed E-state index contributed by atoms with van der Waals surface area (Å²) in [6, 6.07) is 10.9. The first-order chi connectivity index (χ1) is 13.5. The van der Waals surface area contributed by atoms with Gasteiger partial charge in [-0.15, -0.1) is 0 Å². The number of esters is 1. The molecule has 1 fully saturated rings. The minimum absolute atomic E-state index is 0.0148. The number of nitriles is 1. The van der Waals surface area contributed by atoms with E-state index in [0.29, 0.717) is 11.3 Å². The van der Waals surface area contributed by atoms with E-state index in [0.717, 1.165) is 4.90 Å². The Morgan fingerprint density at radius 1 is 1.25 bits per heavy atom. The van der Waals surface area contributed by atoms with E-state index in [9.17, 15) is 14.4 Å². The molecular formula is C19H15N3O6. The number of hydrogen-bond donors (Lipinski definition) is 1. The van der Waals surface area contributed by atoms with E-state index in [1.807, 2.05) is 6.07 Å². The predicted octanol–water partition coefficient (Wildman–Crippen LogP) is 2.06. The fraction of sp³-hybridized carbons (Fsp3) is 0.158. The summed E-state index contributed by atoms with van der Waals surface area (Å²) in [4.78, 5) is 37.0. The largest absolute Gasteiger partial charge is 0.479 e. The highest BCUT2D eigenvalue weighted by Crippen LogP contribution is 2.20. The van der Waals surface area contributed by atoms with Crippen LogP contribution >= 0.6 is 0 Å². The summed E-state index contributed by atoms with van der Waals surface area (Å²) < 4.78 is 15.0. The number of amides is 3. The third-order valence-electron chi connectivity index (χ3n) is 3.82. The van der Waals surface area contributed by atoms with Crippen molar-refractivity contribution in [2.24, 2.45) is 0 Å². The molecule has 1 aliphatic heterocycles. The first-order valence-corrected chi connectivity index (χ1v) is 8.13. The lowest BCUT2D eigenvalue weighted by Gasteiger charge is -2.09. The summed E-state index contributed by atoms with van der Waals surface area (Å²) in [5.41, 5.74) is 0.774. The number of carbonyl (C=O) groups excluding carboxylic acids is 3. The smallest absolute Gasteiger partial charge is 0.373 e. The number of nitrogens with zero attached hydrogens (tertiary/aromatic N) is 2. The number of benzene rings is 1. The zero-order valence-electron chi connectivity index (χ0n) is 14.8. The Morgan fingerprint density at radius 3 is 2.68 bits per heavy atom. The number of hydrogen-bond acceptors (Lipinski definition) is 7. The molecule has 3 rings (SSSR count). The first-order valence-electron chi connectivity index (χ1n) is 8.13. The van der Waals surface area contributed by atoms with Crippen molar-refractivity contribution in [3.63, 3.8) is 0 Å². The molecule has 1 saturated heterocycles. The summed E-state index contributed by atoms with van der Waals surface area (Å²) in [7, 11) is 1.22. The second kappa shape index (κ2) is 8.09. The lowest BCUT2D eigenvalue weighted by molar-refractivity contribution is -0.123. The monoisotopic (exact) mass is 381 g/mol. The zero-order valence-corrected chi connectivity index (χ0v) is 14.8. The van der Waals surface area contributed by atoms with Crippen molar-refractivity contribution in [3.8, 4) is 11.8 Å². The molecule has 0 saturated carbocycles. The van der Waals surface area contributed by atoms with Crippen LogP contribution in [0.1, 0.15) is 21.9 Å². The highest BCUT2D eigenvalue weighted by atomic mass is 16.5.